The van der Waals surface area contributed by atoms with Gasteiger partial charge in [-0.3, -0.25) is 0 Å². The lowest BCUT2D eigenvalue weighted by Crippen LogP contribution is -2.60. The van der Waals surface area contributed by atoms with Crippen LogP contribution in [0.25, 0.3) is 0 Å². The van der Waals surface area contributed by atoms with E-state index in [2.05, 4.69) is 57.0 Å². The molecular formula is C18H29ClN2. The highest BCUT2D eigenvalue weighted by atomic mass is 35.5. The van der Waals surface area contributed by atoms with E-state index in [1.807, 2.05) is 6.07 Å². The zero-order valence-electron chi connectivity index (χ0n) is 14.0. The largest absolute Gasteiger partial charge is 0.364 e. The van der Waals surface area contributed by atoms with Crippen LogP contribution >= 0.6 is 11.6 Å². The summed E-state index contributed by atoms with van der Waals surface area (Å²) in [7, 11) is 0. The number of halogens is 1. The molecular weight excluding hydrogens is 280 g/mol. The SMILES string of the molecule is CCC(C)C1CN(c2cc(C)ccc2Cl)C(C(C)C)CN1. The quantitative estimate of drug-likeness (QED) is 0.881. The van der Waals surface area contributed by atoms with Crippen LogP contribution in [-0.2, 0) is 0 Å². The number of hydrogen-bond donors (Lipinski definition) is 1. The van der Waals surface area contributed by atoms with Crippen LogP contribution < -0.4 is 10.2 Å². The third-order valence-electron chi connectivity index (χ3n) is 4.89. The molecule has 1 aliphatic heterocycles. The number of aryl methyl sites for hydroxylation is 1. The molecule has 2 rings (SSSR count). The van der Waals surface area contributed by atoms with E-state index in [0.717, 1.165) is 18.1 Å². The Morgan fingerprint density at radius 1 is 1.33 bits per heavy atom. The average molecular weight is 309 g/mol. The van der Waals surface area contributed by atoms with Gasteiger partial charge in [-0.25, -0.2) is 0 Å². The lowest BCUT2D eigenvalue weighted by molar-refractivity contribution is 0.281. The van der Waals surface area contributed by atoms with Crippen LogP contribution in [0.15, 0.2) is 18.2 Å². The fourth-order valence-electron chi connectivity index (χ4n) is 3.18. The molecule has 1 aromatic carbocycles. The molecule has 3 atom stereocenters. The van der Waals surface area contributed by atoms with Crippen LogP contribution in [0.5, 0.6) is 0 Å². The standard InChI is InChI=1S/C18H29ClN2/c1-6-14(5)16-11-21(18(10-20-16)12(2)3)17-9-13(4)7-8-15(17)19/h7-9,12,14,16,18,20H,6,10-11H2,1-5H3. The monoisotopic (exact) mass is 308 g/mol. The first-order valence-electron chi connectivity index (χ1n) is 8.20. The van der Waals surface area contributed by atoms with E-state index in [4.69, 9.17) is 11.6 Å². The van der Waals surface area contributed by atoms with Crippen LogP contribution in [0.2, 0.25) is 5.02 Å². The van der Waals surface area contributed by atoms with E-state index < -0.39 is 0 Å². The minimum atomic E-state index is 0.504. The second-order valence-electron chi connectivity index (χ2n) is 6.82. The van der Waals surface area contributed by atoms with Gasteiger partial charge >= 0.3 is 0 Å². The Morgan fingerprint density at radius 2 is 2.05 bits per heavy atom. The Bertz CT molecular complexity index is 472. The molecule has 0 radical (unpaired) electrons. The molecule has 2 nitrogen and oxygen atoms in total. The zero-order chi connectivity index (χ0) is 15.6. The normalized spacial score (nSPS) is 24.4. The Labute approximate surface area is 134 Å². The van der Waals surface area contributed by atoms with Crippen molar-refractivity contribution in [2.45, 2.75) is 53.1 Å². The smallest absolute Gasteiger partial charge is 0.0639 e. The molecule has 0 saturated carbocycles. The van der Waals surface area contributed by atoms with Crippen molar-refractivity contribution in [3.05, 3.63) is 28.8 Å². The van der Waals surface area contributed by atoms with Crippen molar-refractivity contribution in [3.8, 4) is 0 Å². The molecule has 1 heterocycles. The Hall–Kier alpha value is -0.730. The molecule has 3 heteroatoms. The summed E-state index contributed by atoms with van der Waals surface area (Å²) >= 11 is 6.50. The summed E-state index contributed by atoms with van der Waals surface area (Å²) in [5, 5.41) is 4.62. The van der Waals surface area contributed by atoms with E-state index in [-0.39, 0.29) is 0 Å². The minimum absolute atomic E-state index is 0.504. The summed E-state index contributed by atoms with van der Waals surface area (Å²) in [6.45, 7) is 13.4. The highest BCUT2D eigenvalue weighted by Crippen LogP contribution is 2.32. The highest BCUT2D eigenvalue weighted by Gasteiger charge is 2.32. The molecule has 21 heavy (non-hydrogen) atoms. The number of anilines is 1. The summed E-state index contributed by atoms with van der Waals surface area (Å²) in [5.41, 5.74) is 2.47. The Morgan fingerprint density at radius 3 is 2.67 bits per heavy atom. The van der Waals surface area contributed by atoms with Crippen molar-refractivity contribution in [1.29, 1.82) is 0 Å². The van der Waals surface area contributed by atoms with Gasteiger partial charge < -0.3 is 10.2 Å². The molecule has 1 fully saturated rings. The van der Waals surface area contributed by atoms with Crippen molar-refractivity contribution in [2.24, 2.45) is 11.8 Å². The van der Waals surface area contributed by atoms with Crippen LogP contribution in [0.1, 0.15) is 39.7 Å². The van der Waals surface area contributed by atoms with Gasteiger partial charge in [0, 0.05) is 25.2 Å². The number of piperazine rings is 1. The van der Waals surface area contributed by atoms with Crippen molar-refractivity contribution < 1.29 is 0 Å². The number of hydrogen-bond acceptors (Lipinski definition) is 2. The topological polar surface area (TPSA) is 15.3 Å². The number of benzene rings is 1. The van der Waals surface area contributed by atoms with Crippen molar-refractivity contribution >= 4 is 17.3 Å². The summed E-state index contributed by atoms with van der Waals surface area (Å²) < 4.78 is 0. The minimum Gasteiger partial charge on any atom is -0.364 e. The van der Waals surface area contributed by atoms with Crippen LogP contribution in [-0.4, -0.2) is 25.2 Å². The summed E-state index contributed by atoms with van der Waals surface area (Å²) in [5.74, 6) is 1.29. The predicted octanol–water partition coefficient (Wildman–Crippen LogP) is 4.50. The molecule has 0 aliphatic carbocycles. The van der Waals surface area contributed by atoms with Crippen LogP contribution in [0.3, 0.4) is 0 Å². The summed E-state index contributed by atoms with van der Waals surface area (Å²) in [6.07, 6.45) is 1.21. The van der Waals surface area contributed by atoms with Crippen molar-refractivity contribution in [3.63, 3.8) is 0 Å². The molecule has 1 aliphatic rings. The maximum atomic E-state index is 6.50. The van der Waals surface area contributed by atoms with E-state index in [0.29, 0.717) is 23.9 Å². The van der Waals surface area contributed by atoms with E-state index in [1.54, 1.807) is 0 Å². The number of nitrogens with zero attached hydrogens (tertiary/aromatic N) is 1. The second kappa shape index (κ2) is 7.02. The third kappa shape index (κ3) is 3.73. The van der Waals surface area contributed by atoms with Gasteiger partial charge in [0.25, 0.3) is 0 Å². The highest BCUT2D eigenvalue weighted by molar-refractivity contribution is 6.33. The van der Waals surface area contributed by atoms with Gasteiger partial charge in [0.1, 0.15) is 0 Å². The van der Waals surface area contributed by atoms with Crippen LogP contribution in [0.4, 0.5) is 5.69 Å². The molecule has 1 saturated heterocycles. The van der Waals surface area contributed by atoms with E-state index in [9.17, 15) is 0 Å². The molecule has 0 amide bonds. The average Bonchev–Trinajstić information content (AvgIpc) is 2.48. The van der Waals surface area contributed by atoms with E-state index >= 15 is 0 Å². The van der Waals surface area contributed by atoms with E-state index in [1.165, 1.54) is 17.7 Å². The Kier molecular flexibility index (Phi) is 5.56. The van der Waals surface area contributed by atoms with Gasteiger partial charge in [-0.2, -0.15) is 0 Å². The molecule has 3 unspecified atom stereocenters. The molecule has 0 aromatic heterocycles. The molecule has 118 valence electrons. The van der Waals surface area contributed by atoms with Gasteiger partial charge in [0.05, 0.1) is 10.7 Å². The Balaban J connectivity index is 2.31. The lowest BCUT2D eigenvalue weighted by Gasteiger charge is -2.45. The predicted molar refractivity (Wildman–Crippen MR) is 93.4 cm³/mol. The zero-order valence-corrected chi connectivity index (χ0v) is 14.7. The third-order valence-corrected chi connectivity index (χ3v) is 5.21. The fourth-order valence-corrected chi connectivity index (χ4v) is 3.40. The van der Waals surface area contributed by atoms with Crippen molar-refractivity contribution in [1.82, 2.24) is 5.32 Å². The first-order valence-corrected chi connectivity index (χ1v) is 8.58. The second-order valence-corrected chi connectivity index (χ2v) is 7.23. The van der Waals surface area contributed by atoms with Gasteiger partial charge in [-0.15, -0.1) is 0 Å². The molecule has 0 bridgehead atoms. The van der Waals surface area contributed by atoms with Crippen molar-refractivity contribution in [2.75, 3.05) is 18.0 Å². The summed E-state index contributed by atoms with van der Waals surface area (Å²) in [6, 6.07) is 7.40. The molecule has 1 N–H and O–H groups in total. The molecule has 0 spiro atoms. The lowest BCUT2D eigenvalue weighted by atomic mass is 9.91. The van der Waals surface area contributed by atoms with Gasteiger partial charge in [-0.1, -0.05) is 51.8 Å². The first kappa shape index (κ1) is 16.6. The fraction of sp³-hybridized carbons (Fsp3) is 0.667. The summed E-state index contributed by atoms with van der Waals surface area (Å²) in [4.78, 5) is 2.54. The van der Waals surface area contributed by atoms with Gasteiger partial charge in [-0.05, 0) is 36.5 Å². The van der Waals surface area contributed by atoms with Gasteiger partial charge in [0.15, 0.2) is 0 Å². The maximum Gasteiger partial charge on any atom is 0.0639 e. The number of rotatable bonds is 4. The first-order chi connectivity index (χ1) is 9.93. The molecule has 1 aromatic rings. The van der Waals surface area contributed by atoms with Crippen LogP contribution in [0, 0.1) is 18.8 Å². The number of nitrogens with one attached hydrogen (secondary N) is 1. The maximum absolute atomic E-state index is 6.50. The van der Waals surface area contributed by atoms with Gasteiger partial charge in [0.2, 0.25) is 0 Å².